The predicted octanol–water partition coefficient (Wildman–Crippen LogP) is 4.98. The molecule has 1 saturated carbocycles. The molecule has 0 amide bonds. The average molecular weight is 332 g/mol. The number of ether oxygens (including phenoxy) is 1. The minimum absolute atomic E-state index is 0.271. The molecule has 4 rings (SSSR count). The summed E-state index contributed by atoms with van der Waals surface area (Å²) in [6.45, 7) is 0.476. The molecule has 2 aliphatic carbocycles. The van der Waals surface area contributed by atoms with Gasteiger partial charge in [-0.05, 0) is 49.5 Å². The van der Waals surface area contributed by atoms with Crippen molar-refractivity contribution in [3.63, 3.8) is 0 Å². The standard InChI is InChI=1S/C20H22F2O2/c21-19-16(9-10-17(20(19)22)18-11-24-18)14-3-1-12(2-4-14)13-5-7-15(23)8-6-13/h3,9-10,12-13,18H,1-2,4-8,11H2. The molecule has 0 N–H and O–H groups in total. The zero-order valence-electron chi connectivity index (χ0n) is 13.7. The highest BCUT2D eigenvalue weighted by molar-refractivity contribution is 5.79. The van der Waals surface area contributed by atoms with Gasteiger partial charge in [0, 0.05) is 24.0 Å². The van der Waals surface area contributed by atoms with Crippen molar-refractivity contribution in [1.29, 1.82) is 0 Å². The van der Waals surface area contributed by atoms with E-state index in [1.165, 1.54) is 0 Å². The summed E-state index contributed by atoms with van der Waals surface area (Å²) in [6, 6.07) is 3.35. The lowest BCUT2D eigenvalue weighted by atomic mass is 9.73. The Hall–Kier alpha value is -1.55. The van der Waals surface area contributed by atoms with Gasteiger partial charge in [-0.2, -0.15) is 0 Å². The lowest BCUT2D eigenvalue weighted by molar-refractivity contribution is -0.121. The van der Waals surface area contributed by atoms with E-state index in [4.69, 9.17) is 4.74 Å². The average Bonchev–Trinajstić information content (AvgIpc) is 3.43. The van der Waals surface area contributed by atoms with Gasteiger partial charge in [-0.1, -0.05) is 18.2 Å². The number of ketones is 1. The fourth-order valence-corrected chi connectivity index (χ4v) is 4.25. The quantitative estimate of drug-likeness (QED) is 0.731. The molecule has 0 bridgehead atoms. The van der Waals surface area contributed by atoms with Crippen molar-refractivity contribution in [2.45, 2.75) is 51.0 Å². The summed E-state index contributed by atoms with van der Waals surface area (Å²) in [5, 5.41) is 0. The second kappa shape index (κ2) is 6.40. The number of Topliss-reactive ketones (excluding diaryl/α,β-unsaturated/α-hetero) is 1. The smallest absolute Gasteiger partial charge is 0.166 e. The van der Waals surface area contributed by atoms with E-state index in [0.29, 0.717) is 48.2 Å². The fraction of sp³-hybridized carbons (Fsp3) is 0.550. The van der Waals surface area contributed by atoms with Gasteiger partial charge in [0.05, 0.1) is 6.61 Å². The number of hydrogen-bond acceptors (Lipinski definition) is 2. The second-order valence-corrected chi connectivity index (χ2v) is 7.29. The third kappa shape index (κ3) is 3.04. The van der Waals surface area contributed by atoms with Crippen molar-refractivity contribution in [3.05, 3.63) is 41.0 Å². The summed E-state index contributed by atoms with van der Waals surface area (Å²) in [6.07, 6.45) is 7.90. The van der Waals surface area contributed by atoms with Crippen LogP contribution in [0.15, 0.2) is 18.2 Å². The highest BCUT2D eigenvalue weighted by Gasteiger charge is 2.32. The van der Waals surface area contributed by atoms with Gasteiger partial charge in [-0.25, -0.2) is 8.78 Å². The van der Waals surface area contributed by atoms with E-state index in [-0.39, 0.29) is 6.10 Å². The van der Waals surface area contributed by atoms with E-state index in [9.17, 15) is 13.6 Å². The van der Waals surface area contributed by atoms with E-state index >= 15 is 0 Å². The summed E-state index contributed by atoms with van der Waals surface area (Å²) in [4.78, 5) is 11.4. The molecule has 24 heavy (non-hydrogen) atoms. The van der Waals surface area contributed by atoms with Gasteiger partial charge >= 0.3 is 0 Å². The first-order valence-corrected chi connectivity index (χ1v) is 8.94. The predicted molar refractivity (Wildman–Crippen MR) is 87.3 cm³/mol. The van der Waals surface area contributed by atoms with E-state index in [2.05, 4.69) is 6.08 Å². The van der Waals surface area contributed by atoms with Gasteiger partial charge in [0.1, 0.15) is 11.9 Å². The molecule has 1 aromatic rings. The van der Waals surface area contributed by atoms with Crippen molar-refractivity contribution < 1.29 is 18.3 Å². The molecule has 0 aromatic heterocycles. The van der Waals surface area contributed by atoms with Crippen LogP contribution in [-0.4, -0.2) is 12.4 Å². The molecular weight excluding hydrogens is 310 g/mol. The Bertz CT molecular complexity index is 681. The Balaban J connectivity index is 1.48. The molecule has 0 spiro atoms. The SMILES string of the molecule is O=C1CCC(C2CC=C(c3ccc(C4CO4)c(F)c3F)CC2)CC1. The van der Waals surface area contributed by atoms with E-state index in [0.717, 1.165) is 37.7 Å². The van der Waals surface area contributed by atoms with Crippen molar-refractivity contribution in [1.82, 2.24) is 0 Å². The van der Waals surface area contributed by atoms with Crippen LogP contribution in [0, 0.1) is 23.5 Å². The van der Waals surface area contributed by atoms with Gasteiger partial charge in [-0.3, -0.25) is 4.79 Å². The van der Waals surface area contributed by atoms with Crippen molar-refractivity contribution in [3.8, 4) is 0 Å². The second-order valence-electron chi connectivity index (χ2n) is 7.29. The Labute approximate surface area is 140 Å². The zero-order valence-corrected chi connectivity index (χ0v) is 13.7. The van der Waals surface area contributed by atoms with E-state index in [1.54, 1.807) is 12.1 Å². The molecule has 3 aliphatic rings. The Kier molecular flexibility index (Phi) is 4.25. The van der Waals surface area contributed by atoms with Gasteiger partial charge in [0.25, 0.3) is 0 Å². The third-order valence-corrected chi connectivity index (χ3v) is 5.84. The third-order valence-electron chi connectivity index (χ3n) is 5.84. The number of halogens is 2. The van der Waals surface area contributed by atoms with Crippen LogP contribution in [0.3, 0.4) is 0 Å². The monoisotopic (exact) mass is 332 g/mol. The maximum Gasteiger partial charge on any atom is 0.166 e. The number of hydrogen-bond donors (Lipinski definition) is 0. The molecule has 128 valence electrons. The van der Waals surface area contributed by atoms with Crippen LogP contribution in [-0.2, 0) is 9.53 Å². The van der Waals surface area contributed by atoms with Crippen molar-refractivity contribution in [2.24, 2.45) is 11.8 Å². The highest BCUT2D eigenvalue weighted by Crippen LogP contribution is 2.41. The number of rotatable bonds is 3. The number of carbonyl (C=O) groups excluding carboxylic acids is 1. The van der Waals surface area contributed by atoms with Crippen LogP contribution >= 0.6 is 0 Å². The maximum absolute atomic E-state index is 14.4. The van der Waals surface area contributed by atoms with Gasteiger partial charge in [0.2, 0.25) is 0 Å². The van der Waals surface area contributed by atoms with Crippen LogP contribution in [0.4, 0.5) is 8.78 Å². The topological polar surface area (TPSA) is 29.6 Å². The Morgan fingerprint density at radius 3 is 2.29 bits per heavy atom. The molecule has 2 atom stereocenters. The van der Waals surface area contributed by atoms with Crippen LogP contribution in [0.5, 0.6) is 0 Å². The van der Waals surface area contributed by atoms with Gasteiger partial charge < -0.3 is 4.74 Å². The van der Waals surface area contributed by atoms with E-state index < -0.39 is 11.6 Å². The number of epoxide rings is 1. The number of allylic oxidation sites excluding steroid dienone is 2. The van der Waals surface area contributed by atoms with Crippen molar-refractivity contribution in [2.75, 3.05) is 6.61 Å². The van der Waals surface area contributed by atoms with Crippen LogP contribution in [0.25, 0.3) is 5.57 Å². The first-order valence-electron chi connectivity index (χ1n) is 8.94. The largest absolute Gasteiger partial charge is 0.368 e. The van der Waals surface area contributed by atoms with Crippen LogP contribution in [0.2, 0.25) is 0 Å². The fourth-order valence-electron chi connectivity index (χ4n) is 4.25. The Morgan fingerprint density at radius 2 is 1.67 bits per heavy atom. The lowest BCUT2D eigenvalue weighted by Gasteiger charge is -2.32. The molecule has 4 heteroatoms. The normalized spacial score (nSPS) is 27.9. The molecule has 1 heterocycles. The molecule has 2 nitrogen and oxygen atoms in total. The van der Waals surface area contributed by atoms with Gasteiger partial charge in [-0.15, -0.1) is 0 Å². The zero-order chi connectivity index (χ0) is 16.7. The minimum atomic E-state index is -0.760. The van der Waals surface area contributed by atoms with Crippen LogP contribution < -0.4 is 0 Å². The summed E-state index contributed by atoms with van der Waals surface area (Å²) in [5.74, 6) is 0.0701. The van der Waals surface area contributed by atoms with Gasteiger partial charge in [0.15, 0.2) is 11.6 Å². The molecule has 1 saturated heterocycles. The first kappa shape index (κ1) is 15.9. The number of carbonyl (C=O) groups is 1. The summed E-state index contributed by atoms with van der Waals surface area (Å²) in [7, 11) is 0. The maximum atomic E-state index is 14.4. The summed E-state index contributed by atoms with van der Waals surface area (Å²) < 4.78 is 33.7. The molecule has 2 fully saturated rings. The molecule has 0 radical (unpaired) electrons. The molecule has 1 aliphatic heterocycles. The first-order chi connectivity index (χ1) is 11.6. The number of benzene rings is 1. The van der Waals surface area contributed by atoms with Crippen molar-refractivity contribution >= 4 is 11.4 Å². The summed E-state index contributed by atoms with van der Waals surface area (Å²) >= 11 is 0. The summed E-state index contributed by atoms with van der Waals surface area (Å²) in [5.41, 5.74) is 1.64. The van der Waals surface area contributed by atoms with Crippen LogP contribution in [0.1, 0.15) is 62.2 Å². The van der Waals surface area contributed by atoms with E-state index in [1.807, 2.05) is 0 Å². The highest BCUT2D eigenvalue weighted by atomic mass is 19.2. The minimum Gasteiger partial charge on any atom is -0.368 e. The molecule has 2 unspecified atom stereocenters. The molecule has 1 aromatic carbocycles. The Morgan fingerprint density at radius 1 is 0.958 bits per heavy atom. The lowest BCUT2D eigenvalue weighted by Crippen LogP contribution is -2.23. The molecular formula is C20H22F2O2.